The van der Waals surface area contributed by atoms with Gasteiger partial charge in [-0.25, -0.2) is 0 Å². The van der Waals surface area contributed by atoms with Crippen molar-refractivity contribution in [2.75, 3.05) is 13.1 Å². The van der Waals surface area contributed by atoms with Crippen molar-refractivity contribution in [1.82, 2.24) is 20.6 Å². The van der Waals surface area contributed by atoms with E-state index < -0.39 is 11.1 Å². The molecular weight excluding hydrogens is 328 g/mol. The van der Waals surface area contributed by atoms with Crippen LogP contribution in [0.25, 0.3) is 11.0 Å². The summed E-state index contributed by atoms with van der Waals surface area (Å²) in [5.41, 5.74) is 7.35. The van der Waals surface area contributed by atoms with E-state index in [1.165, 1.54) is 0 Å². The average Bonchev–Trinajstić information content (AvgIpc) is 3.39. The van der Waals surface area contributed by atoms with Crippen molar-refractivity contribution >= 4 is 16.9 Å². The van der Waals surface area contributed by atoms with E-state index in [1.54, 1.807) is 18.5 Å². The zero-order chi connectivity index (χ0) is 18.4. The van der Waals surface area contributed by atoms with Crippen molar-refractivity contribution in [3.63, 3.8) is 0 Å². The standard InChI is InChI=1S/C19H22N6O/c1-12-8-19(11-22-10-12,25-17(26)18(21)4-5-18)14-3-2-13(9-20)15-16(14)24-7-6-23-15/h2-3,6-7,12,22H,4-5,8,10-11,21H2,1H3,(H,25,26)/t12-,19-/m0/s1. The molecule has 0 spiro atoms. The normalized spacial score (nSPS) is 26.9. The Hall–Kier alpha value is -2.56. The minimum Gasteiger partial charge on any atom is -0.344 e. The van der Waals surface area contributed by atoms with E-state index in [1.807, 2.05) is 6.07 Å². The van der Waals surface area contributed by atoms with E-state index in [-0.39, 0.29) is 5.91 Å². The van der Waals surface area contributed by atoms with Gasteiger partial charge in [0.2, 0.25) is 5.91 Å². The number of nitriles is 1. The highest BCUT2D eigenvalue weighted by molar-refractivity contribution is 5.91. The zero-order valence-corrected chi connectivity index (χ0v) is 14.7. The smallest absolute Gasteiger partial charge is 0.240 e. The Bertz CT molecular complexity index is 916. The first kappa shape index (κ1) is 16.9. The van der Waals surface area contributed by atoms with E-state index in [9.17, 15) is 10.1 Å². The van der Waals surface area contributed by atoms with Crippen molar-refractivity contribution in [1.29, 1.82) is 5.26 Å². The molecule has 7 heteroatoms. The number of fused-ring (bicyclic) bond motifs is 1. The van der Waals surface area contributed by atoms with Gasteiger partial charge >= 0.3 is 0 Å². The SMILES string of the molecule is C[C@@H]1CNC[C@](NC(=O)C2(N)CC2)(c2ccc(C#N)c3nccnc23)C1. The number of piperidine rings is 1. The van der Waals surface area contributed by atoms with Gasteiger partial charge in [0.15, 0.2) is 0 Å². The molecular formula is C19H22N6O. The Balaban J connectivity index is 1.86. The molecule has 0 radical (unpaired) electrons. The number of carbonyl (C=O) groups is 1. The molecule has 2 atom stereocenters. The molecule has 134 valence electrons. The monoisotopic (exact) mass is 350 g/mol. The Morgan fingerprint density at radius 3 is 2.73 bits per heavy atom. The van der Waals surface area contributed by atoms with Crippen LogP contribution in [0.3, 0.4) is 0 Å². The molecule has 2 fully saturated rings. The van der Waals surface area contributed by atoms with Gasteiger partial charge in [-0.2, -0.15) is 5.26 Å². The summed E-state index contributed by atoms with van der Waals surface area (Å²) in [6, 6.07) is 5.82. The number of aromatic nitrogens is 2. The number of nitrogens with one attached hydrogen (secondary N) is 2. The molecule has 1 saturated carbocycles. The number of hydrogen-bond acceptors (Lipinski definition) is 6. The molecule has 7 nitrogen and oxygen atoms in total. The summed E-state index contributed by atoms with van der Waals surface area (Å²) < 4.78 is 0. The van der Waals surface area contributed by atoms with Gasteiger partial charge in [-0.1, -0.05) is 13.0 Å². The summed E-state index contributed by atoms with van der Waals surface area (Å²) in [5.74, 6) is 0.258. The number of amides is 1. The van der Waals surface area contributed by atoms with Crippen molar-refractivity contribution < 1.29 is 4.79 Å². The van der Waals surface area contributed by atoms with Crippen molar-refractivity contribution in [2.24, 2.45) is 11.7 Å². The molecule has 4 N–H and O–H groups in total. The van der Waals surface area contributed by atoms with Crippen LogP contribution in [0.2, 0.25) is 0 Å². The molecule has 2 aliphatic rings. The molecule has 1 aliphatic heterocycles. The lowest BCUT2D eigenvalue weighted by molar-refractivity contribution is -0.125. The van der Waals surface area contributed by atoms with Gasteiger partial charge in [0.25, 0.3) is 0 Å². The van der Waals surface area contributed by atoms with E-state index in [0.717, 1.165) is 18.5 Å². The molecule has 4 rings (SSSR count). The third-order valence-electron chi connectivity index (χ3n) is 5.47. The fourth-order valence-electron chi connectivity index (χ4n) is 3.88. The molecule has 1 saturated heterocycles. The second-order valence-electron chi connectivity index (χ2n) is 7.66. The first-order valence-corrected chi connectivity index (χ1v) is 8.94. The van der Waals surface area contributed by atoms with Gasteiger partial charge in [-0.3, -0.25) is 14.8 Å². The van der Waals surface area contributed by atoms with Crippen LogP contribution in [0.1, 0.15) is 37.3 Å². The maximum absolute atomic E-state index is 12.8. The maximum Gasteiger partial charge on any atom is 0.240 e. The third kappa shape index (κ3) is 2.71. The molecule has 1 aromatic carbocycles. The molecule has 1 aromatic heterocycles. The first-order valence-electron chi connectivity index (χ1n) is 8.94. The third-order valence-corrected chi connectivity index (χ3v) is 5.47. The van der Waals surface area contributed by atoms with Gasteiger partial charge in [-0.05, 0) is 37.8 Å². The highest BCUT2D eigenvalue weighted by Gasteiger charge is 2.50. The zero-order valence-electron chi connectivity index (χ0n) is 14.7. The Morgan fingerprint density at radius 2 is 2.08 bits per heavy atom. The highest BCUT2D eigenvalue weighted by atomic mass is 16.2. The van der Waals surface area contributed by atoms with Gasteiger partial charge in [0.1, 0.15) is 11.6 Å². The van der Waals surface area contributed by atoms with E-state index in [0.29, 0.717) is 41.9 Å². The topological polar surface area (TPSA) is 117 Å². The Morgan fingerprint density at radius 1 is 1.35 bits per heavy atom. The van der Waals surface area contributed by atoms with Crippen LogP contribution in [-0.4, -0.2) is 34.5 Å². The largest absolute Gasteiger partial charge is 0.344 e. The van der Waals surface area contributed by atoms with Gasteiger partial charge in [0, 0.05) is 24.5 Å². The number of hydrogen-bond donors (Lipinski definition) is 3. The van der Waals surface area contributed by atoms with Crippen molar-refractivity contribution in [3.8, 4) is 6.07 Å². The summed E-state index contributed by atoms with van der Waals surface area (Å²) >= 11 is 0. The van der Waals surface area contributed by atoms with Crippen molar-refractivity contribution in [3.05, 3.63) is 35.7 Å². The second-order valence-corrected chi connectivity index (χ2v) is 7.66. The summed E-state index contributed by atoms with van der Waals surface area (Å²) in [6.07, 6.45) is 5.41. The van der Waals surface area contributed by atoms with Gasteiger partial charge < -0.3 is 16.4 Å². The number of nitrogens with zero attached hydrogens (tertiary/aromatic N) is 3. The lowest BCUT2D eigenvalue weighted by atomic mass is 9.77. The summed E-state index contributed by atoms with van der Waals surface area (Å²) in [5, 5.41) is 16.0. The van der Waals surface area contributed by atoms with Crippen LogP contribution in [0.5, 0.6) is 0 Å². The summed E-state index contributed by atoms with van der Waals surface area (Å²) in [7, 11) is 0. The molecule has 1 amide bonds. The minimum atomic E-state index is -0.748. The molecule has 2 heterocycles. The number of rotatable bonds is 3. The number of benzene rings is 1. The van der Waals surface area contributed by atoms with E-state index in [2.05, 4.69) is 33.6 Å². The van der Waals surface area contributed by atoms with E-state index >= 15 is 0 Å². The fourth-order valence-corrected chi connectivity index (χ4v) is 3.88. The predicted octanol–water partition coefficient (Wildman–Crippen LogP) is 0.934. The number of carbonyl (C=O) groups excluding carboxylic acids is 1. The highest BCUT2D eigenvalue weighted by Crippen LogP contribution is 2.38. The van der Waals surface area contributed by atoms with Crippen LogP contribution in [0.15, 0.2) is 24.5 Å². The molecule has 26 heavy (non-hydrogen) atoms. The maximum atomic E-state index is 12.8. The van der Waals surface area contributed by atoms with Gasteiger partial charge in [0.05, 0.1) is 22.2 Å². The van der Waals surface area contributed by atoms with Crippen LogP contribution in [0, 0.1) is 17.2 Å². The molecule has 2 aromatic rings. The molecule has 0 unspecified atom stereocenters. The molecule has 0 bridgehead atoms. The molecule has 1 aliphatic carbocycles. The van der Waals surface area contributed by atoms with E-state index in [4.69, 9.17) is 5.73 Å². The fraction of sp³-hybridized carbons (Fsp3) is 0.474. The number of nitrogens with two attached hydrogens (primary N) is 1. The second kappa shape index (κ2) is 6.01. The van der Waals surface area contributed by atoms with Crippen LogP contribution in [-0.2, 0) is 10.3 Å². The minimum absolute atomic E-state index is 0.116. The van der Waals surface area contributed by atoms with Crippen LogP contribution >= 0.6 is 0 Å². The quantitative estimate of drug-likeness (QED) is 0.758. The van der Waals surface area contributed by atoms with Crippen LogP contribution in [0.4, 0.5) is 0 Å². The summed E-state index contributed by atoms with van der Waals surface area (Å²) in [4.78, 5) is 21.6. The van der Waals surface area contributed by atoms with Gasteiger partial charge in [-0.15, -0.1) is 0 Å². The van der Waals surface area contributed by atoms with Crippen molar-refractivity contribution in [2.45, 2.75) is 37.3 Å². The first-order chi connectivity index (χ1) is 12.5. The lowest BCUT2D eigenvalue weighted by Crippen LogP contribution is -2.60. The lowest BCUT2D eigenvalue weighted by Gasteiger charge is -2.42. The van der Waals surface area contributed by atoms with Crippen LogP contribution < -0.4 is 16.4 Å². The average molecular weight is 350 g/mol. The Labute approximate surface area is 152 Å². The summed E-state index contributed by atoms with van der Waals surface area (Å²) in [6.45, 7) is 3.64. The predicted molar refractivity (Wildman–Crippen MR) is 96.9 cm³/mol. The Kier molecular flexibility index (Phi) is 3.90.